The average molecular weight is 442 g/mol. The van der Waals surface area contributed by atoms with E-state index in [1.54, 1.807) is 6.07 Å². The minimum atomic E-state index is -0.171. The maximum Gasteiger partial charge on any atom is 0.230 e. The molecule has 0 unspecified atom stereocenters. The zero-order chi connectivity index (χ0) is 21.3. The molecule has 0 saturated carbocycles. The highest BCUT2D eigenvalue weighted by Crippen LogP contribution is 2.32. The lowest BCUT2D eigenvalue weighted by molar-refractivity contribution is -0.118. The summed E-state index contributed by atoms with van der Waals surface area (Å²) in [5, 5.41) is 21.0. The zero-order valence-corrected chi connectivity index (χ0v) is 17.9. The lowest BCUT2D eigenvalue weighted by atomic mass is 10.2. The van der Waals surface area contributed by atoms with Crippen LogP contribution in [0.3, 0.4) is 0 Å². The van der Waals surface area contributed by atoms with Gasteiger partial charge in [-0.1, -0.05) is 35.5 Å². The molecule has 3 rings (SSSR count). The second kappa shape index (κ2) is 10.7. The minimum Gasteiger partial charge on any atom is -0.494 e. The minimum absolute atomic E-state index is 0.156. The fourth-order valence-electron chi connectivity index (χ4n) is 2.71. The van der Waals surface area contributed by atoms with Crippen LogP contribution < -0.4 is 10.1 Å². The van der Waals surface area contributed by atoms with Crippen LogP contribution in [0.5, 0.6) is 5.75 Å². The van der Waals surface area contributed by atoms with Crippen LogP contribution in [-0.2, 0) is 4.79 Å². The highest BCUT2D eigenvalue weighted by Gasteiger charge is 2.19. The number of carbonyl (C=O) groups is 1. The van der Waals surface area contributed by atoms with Gasteiger partial charge >= 0.3 is 0 Å². The molecule has 0 aliphatic rings. The Morgan fingerprint density at radius 3 is 2.70 bits per heavy atom. The van der Waals surface area contributed by atoms with Crippen molar-refractivity contribution in [1.29, 1.82) is 5.26 Å². The number of benzene rings is 2. The van der Waals surface area contributed by atoms with Crippen LogP contribution in [0.4, 0.5) is 0 Å². The summed E-state index contributed by atoms with van der Waals surface area (Å²) in [6, 6.07) is 17.0. The van der Waals surface area contributed by atoms with Gasteiger partial charge in [-0.25, -0.2) is 0 Å². The largest absolute Gasteiger partial charge is 0.494 e. The van der Waals surface area contributed by atoms with E-state index >= 15 is 0 Å². The number of aromatic nitrogens is 3. The third-order valence-corrected chi connectivity index (χ3v) is 5.30. The lowest BCUT2D eigenvalue weighted by Crippen LogP contribution is -2.26. The van der Waals surface area contributed by atoms with Crippen molar-refractivity contribution in [2.45, 2.75) is 18.5 Å². The Bertz CT molecular complexity index is 1050. The van der Waals surface area contributed by atoms with Crippen LogP contribution in [0.15, 0.2) is 53.7 Å². The fraction of sp³-hybridized carbons (Fsp3) is 0.238. The highest BCUT2D eigenvalue weighted by atomic mass is 35.5. The molecular weight excluding hydrogens is 422 g/mol. The SMILES string of the molecule is CCOc1ccc(-n2c(SCC(=O)NCCC#N)nnc2-c2ccccc2Cl)cc1. The van der Waals surface area contributed by atoms with Crippen molar-refractivity contribution < 1.29 is 9.53 Å². The number of halogens is 1. The van der Waals surface area contributed by atoms with E-state index in [1.165, 1.54) is 11.8 Å². The molecule has 0 aliphatic carbocycles. The second-order valence-corrected chi connectivity index (χ2v) is 7.44. The molecule has 3 aromatic rings. The van der Waals surface area contributed by atoms with E-state index in [0.717, 1.165) is 17.0 Å². The molecule has 1 aromatic heterocycles. The Balaban J connectivity index is 1.92. The van der Waals surface area contributed by atoms with E-state index in [-0.39, 0.29) is 18.1 Å². The molecule has 0 bridgehead atoms. The number of carbonyl (C=O) groups excluding carboxylic acids is 1. The number of hydrogen-bond donors (Lipinski definition) is 1. The first kappa shape index (κ1) is 21.7. The highest BCUT2D eigenvalue weighted by molar-refractivity contribution is 7.99. The van der Waals surface area contributed by atoms with Gasteiger partial charge < -0.3 is 10.1 Å². The second-order valence-electron chi connectivity index (χ2n) is 6.10. The van der Waals surface area contributed by atoms with Crippen molar-refractivity contribution in [2.75, 3.05) is 18.9 Å². The summed E-state index contributed by atoms with van der Waals surface area (Å²) in [4.78, 5) is 12.1. The molecule has 30 heavy (non-hydrogen) atoms. The van der Waals surface area contributed by atoms with E-state index < -0.39 is 0 Å². The number of nitrogens with zero attached hydrogens (tertiary/aromatic N) is 4. The number of thioether (sulfide) groups is 1. The summed E-state index contributed by atoms with van der Waals surface area (Å²) < 4.78 is 7.39. The number of rotatable bonds is 9. The summed E-state index contributed by atoms with van der Waals surface area (Å²) in [6.07, 6.45) is 0.273. The van der Waals surface area contributed by atoms with Gasteiger partial charge in [0.1, 0.15) is 5.75 Å². The van der Waals surface area contributed by atoms with E-state index in [9.17, 15) is 4.79 Å². The maximum absolute atomic E-state index is 12.1. The third-order valence-electron chi connectivity index (χ3n) is 4.05. The van der Waals surface area contributed by atoms with Gasteiger partial charge in [0.25, 0.3) is 0 Å². The lowest BCUT2D eigenvalue weighted by Gasteiger charge is -2.12. The van der Waals surface area contributed by atoms with Gasteiger partial charge in [0.15, 0.2) is 11.0 Å². The quantitative estimate of drug-likeness (QED) is 0.396. The summed E-state index contributed by atoms with van der Waals surface area (Å²) in [5.41, 5.74) is 1.57. The number of amides is 1. The topological polar surface area (TPSA) is 92.8 Å². The maximum atomic E-state index is 12.1. The van der Waals surface area contributed by atoms with Gasteiger partial charge in [-0.2, -0.15) is 5.26 Å². The average Bonchev–Trinajstić information content (AvgIpc) is 3.17. The van der Waals surface area contributed by atoms with Gasteiger partial charge in [-0.05, 0) is 43.3 Å². The van der Waals surface area contributed by atoms with Crippen LogP contribution in [0, 0.1) is 11.3 Å². The van der Waals surface area contributed by atoms with Crippen molar-refractivity contribution in [3.8, 4) is 28.9 Å². The van der Waals surface area contributed by atoms with E-state index in [0.29, 0.717) is 29.2 Å². The van der Waals surface area contributed by atoms with Gasteiger partial charge in [0.05, 0.1) is 29.9 Å². The summed E-state index contributed by atoms with van der Waals surface area (Å²) in [5.74, 6) is 1.33. The number of hydrogen-bond acceptors (Lipinski definition) is 6. The Hall–Kier alpha value is -3.02. The monoisotopic (exact) mass is 441 g/mol. The molecule has 1 heterocycles. The predicted octanol–water partition coefficient (Wildman–Crippen LogP) is 4.11. The molecule has 1 amide bonds. The van der Waals surface area contributed by atoms with Crippen LogP contribution in [0.25, 0.3) is 17.1 Å². The van der Waals surface area contributed by atoms with Gasteiger partial charge in [-0.3, -0.25) is 9.36 Å². The van der Waals surface area contributed by atoms with Gasteiger partial charge in [0.2, 0.25) is 5.91 Å². The molecule has 7 nitrogen and oxygen atoms in total. The van der Waals surface area contributed by atoms with Crippen LogP contribution in [0.2, 0.25) is 5.02 Å². The molecule has 0 saturated heterocycles. The molecule has 2 aromatic carbocycles. The molecule has 9 heteroatoms. The van der Waals surface area contributed by atoms with E-state index in [1.807, 2.05) is 60.0 Å². The first-order valence-electron chi connectivity index (χ1n) is 9.34. The molecule has 154 valence electrons. The van der Waals surface area contributed by atoms with Crippen LogP contribution in [0.1, 0.15) is 13.3 Å². The molecular formula is C21H20ClN5O2S. The van der Waals surface area contributed by atoms with Crippen molar-refractivity contribution in [2.24, 2.45) is 0 Å². The molecule has 0 atom stereocenters. The standard InChI is InChI=1S/C21H20ClN5O2S/c1-2-29-16-10-8-15(9-11-16)27-20(17-6-3-4-7-18(17)22)25-26-21(27)30-14-19(28)24-13-5-12-23/h3-4,6-11H,2,5,13-14H2,1H3,(H,24,28). The Morgan fingerprint density at radius 1 is 1.23 bits per heavy atom. The molecule has 0 radical (unpaired) electrons. The van der Waals surface area contributed by atoms with Crippen molar-refractivity contribution in [1.82, 2.24) is 20.1 Å². The van der Waals surface area contributed by atoms with Crippen LogP contribution in [-0.4, -0.2) is 39.6 Å². The summed E-state index contributed by atoms with van der Waals surface area (Å²) >= 11 is 7.66. The first-order valence-corrected chi connectivity index (χ1v) is 10.7. The number of nitrogens with one attached hydrogen (secondary N) is 1. The van der Waals surface area contributed by atoms with Crippen molar-refractivity contribution in [3.05, 3.63) is 53.6 Å². The number of nitriles is 1. The van der Waals surface area contributed by atoms with Gasteiger partial charge in [-0.15, -0.1) is 10.2 Å². The summed E-state index contributed by atoms with van der Waals surface area (Å²) in [7, 11) is 0. The summed E-state index contributed by atoms with van der Waals surface area (Å²) in [6.45, 7) is 2.84. The van der Waals surface area contributed by atoms with Crippen molar-refractivity contribution >= 4 is 29.3 Å². The molecule has 1 N–H and O–H groups in total. The normalized spacial score (nSPS) is 10.4. The fourth-order valence-corrected chi connectivity index (χ4v) is 3.71. The van der Waals surface area contributed by atoms with Crippen molar-refractivity contribution in [3.63, 3.8) is 0 Å². The Kier molecular flexibility index (Phi) is 7.71. The molecule has 0 spiro atoms. The van der Waals surface area contributed by atoms with E-state index in [2.05, 4.69) is 15.5 Å². The van der Waals surface area contributed by atoms with Crippen LogP contribution >= 0.6 is 23.4 Å². The Morgan fingerprint density at radius 2 is 2.00 bits per heavy atom. The smallest absolute Gasteiger partial charge is 0.230 e. The van der Waals surface area contributed by atoms with E-state index in [4.69, 9.17) is 21.6 Å². The molecule has 0 aliphatic heterocycles. The third kappa shape index (κ3) is 5.32. The Labute approximate surface area is 184 Å². The number of ether oxygens (including phenoxy) is 1. The molecule has 0 fully saturated rings. The first-order chi connectivity index (χ1) is 14.6. The van der Waals surface area contributed by atoms with Gasteiger partial charge in [0, 0.05) is 17.8 Å². The zero-order valence-electron chi connectivity index (χ0n) is 16.3. The predicted molar refractivity (Wildman–Crippen MR) is 117 cm³/mol.